The van der Waals surface area contributed by atoms with Crippen molar-refractivity contribution >= 4 is 17.3 Å². The summed E-state index contributed by atoms with van der Waals surface area (Å²) in [4.78, 5) is 20.5. The fourth-order valence-electron chi connectivity index (χ4n) is 2.59. The molecule has 0 atom stereocenters. The van der Waals surface area contributed by atoms with E-state index in [2.05, 4.69) is 23.4 Å². The second-order valence-corrected chi connectivity index (χ2v) is 5.86. The minimum Gasteiger partial charge on any atom is -0.329 e. The van der Waals surface area contributed by atoms with E-state index in [-0.39, 0.29) is 0 Å². The molecule has 0 bridgehead atoms. The van der Waals surface area contributed by atoms with Crippen molar-refractivity contribution in [1.82, 2.24) is 14.5 Å². The highest BCUT2D eigenvalue weighted by molar-refractivity contribution is 5.97. The third kappa shape index (κ3) is 2.15. The minimum atomic E-state index is 0.525. The van der Waals surface area contributed by atoms with E-state index in [0.29, 0.717) is 12.0 Å². The SMILES string of the molecule is Cc1nc(CC(C)C)nc2c1c(C=O)cn2C1CC1. The van der Waals surface area contributed by atoms with Crippen molar-refractivity contribution in [2.24, 2.45) is 5.92 Å². The number of carbonyl (C=O) groups excluding carboxylic acids is 1. The van der Waals surface area contributed by atoms with Crippen molar-refractivity contribution in [2.75, 3.05) is 0 Å². The highest BCUT2D eigenvalue weighted by Gasteiger charge is 2.27. The summed E-state index contributed by atoms with van der Waals surface area (Å²) in [6, 6.07) is 0.525. The van der Waals surface area contributed by atoms with Gasteiger partial charge >= 0.3 is 0 Å². The van der Waals surface area contributed by atoms with Crippen LogP contribution >= 0.6 is 0 Å². The number of carbonyl (C=O) groups is 1. The van der Waals surface area contributed by atoms with Crippen LogP contribution in [0.3, 0.4) is 0 Å². The average molecular weight is 257 g/mol. The summed E-state index contributed by atoms with van der Waals surface area (Å²) in [5.74, 6) is 1.42. The number of fused-ring (bicyclic) bond motifs is 1. The van der Waals surface area contributed by atoms with Gasteiger partial charge in [-0.15, -0.1) is 0 Å². The van der Waals surface area contributed by atoms with Crippen molar-refractivity contribution in [3.05, 3.63) is 23.3 Å². The number of aromatic nitrogens is 3. The van der Waals surface area contributed by atoms with Crippen molar-refractivity contribution in [1.29, 1.82) is 0 Å². The van der Waals surface area contributed by atoms with E-state index in [1.165, 1.54) is 12.8 Å². The van der Waals surface area contributed by atoms with E-state index in [4.69, 9.17) is 4.98 Å². The van der Waals surface area contributed by atoms with Gasteiger partial charge in [-0.2, -0.15) is 0 Å². The summed E-state index contributed by atoms with van der Waals surface area (Å²) >= 11 is 0. The van der Waals surface area contributed by atoms with Crippen LogP contribution in [0.15, 0.2) is 6.20 Å². The van der Waals surface area contributed by atoms with Crippen molar-refractivity contribution in [3.63, 3.8) is 0 Å². The normalized spacial score (nSPS) is 15.4. The Morgan fingerprint density at radius 1 is 1.42 bits per heavy atom. The molecule has 0 unspecified atom stereocenters. The first-order valence-corrected chi connectivity index (χ1v) is 6.93. The first kappa shape index (κ1) is 12.3. The fourth-order valence-corrected chi connectivity index (χ4v) is 2.59. The lowest BCUT2D eigenvalue weighted by atomic mass is 10.1. The van der Waals surface area contributed by atoms with Crippen LogP contribution in [0.4, 0.5) is 0 Å². The van der Waals surface area contributed by atoms with Crippen molar-refractivity contribution < 1.29 is 4.79 Å². The molecule has 2 aromatic rings. The number of rotatable bonds is 4. The topological polar surface area (TPSA) is 47.8 Å². The lowest BCUT2D eigenvalue weighted by Crippen LogP contribution is -2.04. The Balaban J connectivity index is 2.20. The molecule has 4 nitrogen and oxygen atoms in total. The Labute approximate surface area is 112 Å². The van der Waals surface area contributed by atoms with E-state index in [0.717, 1.165) is 40.8 Å². The minimum absolute atomic E-state index is 0.525. The largest absolute Gasteiger partial charge is 0.329 e. The molecule has 19 heavy (non-hydrogen) atoms. The average Bonchev–Trinajstić information content (AvgIpc) is 3.10. The van der Waals surface area contributed by atoms with E-state index in [1.807, 2.05) is 13.1 Å². The van der Waals surface area contributed by atoms with Crippen LogP contribution in [0.2, 0.25) is 0 Å². The van der Waals surface area contributed by atoms with E-state index in [9.17, 15) is 4.79 Å². The number of aryl methyl sites for hydroxylation is 1. The van der Waals surface area contributed by atoms with Crippen LogP contribution < -0.4 is 0 Å². The summed E-state index contributed by atoms with van der Waals surface area (Å²) < 4.78 is 2.16. The van der Waals surface area contributed by atoms with Crippen LogP contribution in [0.25, 0.3) is 11.0 Å². The number of nitrogens with zero attached hydrogens (tertiary/aromatic N) is 3. The predicted octanol–water partition coefficient (Wildman–Crippen LogP) is 3.09. The molecule has 0 spiro atoms. The van der Waals surface area contributed by atoms with Gasteiger partial charge in [-0.1, -0.05) is 13.8 Å². The highest BCUT2D eigenvalue weighted by Crippen LogP contribution is 2.38. The molecule has 0 radical (unpaired) electrons. The third-order valence-electron chi connectivity index (χ3n) is 3.59. The Kier molecular flexibility index (Phi) is 2.88. The highest BCUT2D eigenvalue weighted by atomic mass is 16.1. The van der Waals surface area contributed by atoms with E-state index >= 15 is 0 Å². The van der Waals surface area contributed by atoms with Gasteiger partial charge in [0, 0.05) is 24.2 Å². The van der Waals surface area contributed by atoms with Crippen LogP contribution in [-0.2, 0) is 6.42 Å². The molecule has 0 aliphatic heterocycles. The van der Waals surface area contributed by atoms with Gasteiger partial charge in [0.15, 0.2) is 6.29 Å². The first-order chi connectivity index (χ1) is 9.10. The summed E-state index contributed by atoms with van der Waals surface area (Å²) in [5, 5.41) is 0.925. The molecule has 2 heterocycles. The summed E-state index contributed by atoms with van der Waals surface area (Å²) in [6.07, 6.45) is 6.11. The van der Waals surface area contributed by atoms with Gasteiger partial charge in [0.05, 0.1) is 11.1 Å². The Bertz CT molecular complexity index is 638. The lowest BCUT2D eigenvalue weighted by molar-refractivity contribution is 0.112. The quantitative estimate of drug-likeness (QED) is 0.791. The Hall–Kier alpha value is -1.71. The Morgan fingerprint density at radius 2 is 2.16 bits per heavy atom. The number of hydrogen-bond donors (Lipinski definition) is 0. The van der Waals surface area contributed by atoms with Gasteiger partial charge in [-0.05, 0) is 25.7 Å². The molecule has 0 N–H and O–H groups in total. The number of hydrogen-bond acceptors (Lipinski definition) is 3. The predicted molar refractivity (Wildman–Crippen MR) is 74.5 cm³/mol. The van der Waals surface area contributed by atoms with Gasteiger partial charge in [0.1, 0.15) is 11.5 Å². The zero-order valence-electron chi connectivity index (χ0n) is 11.7. The van der Waals surface area contributed by atoms with Crippen molar-refractivity contribution in [2.45, 2.75) is 46.1 Å². The van der Waals surface area contributed by atoms with Gasteiger partial charge in [0.25, 0.3) is 0 Å². The van der Waals surface area contributed by atoms with Gasteiger partial charge < -0.3 is 4.57 Å². The molecular weight excluding hydrogens is 238 g/mol. The molecule has 0 aromatic carbocycles. The van der Waals surface area contributed by atoms with Crippen LogP contribution in [-0.4, -0.2) is 20.8 Å². The van der Waals surface area contributed by atoms with Crippen LogP contribution in [0.5, 0.6) is 0 Å². The van der Waals surface area contributed by atoms with Crippen LogP contribution in [0, 0.1) is 12.8 Å². The fraction of sp³-hybridized carbons (Fsp3) is 0.533. The zero-order chi connectivity index (χ0) is 13.6. The molecule has 4 heteroatoms. The molecule has 1 aliphatic rings. The molecule has 1 aliphatic carbocycles. The molecule has 0 saturated heterocycles. The summed E-state index contributed by atoms with van der Waals surface area (Å²) in [6.45, 7) is 6.30. The molecule has 100 valence electrons. The van der Waals surface area contributed by atoms with E-state index in [1.54, 1.807) is 0 Å². The maximum Gasteiger partial charge on any atom is 0.152 e. The van der Waals surface area contributed by atoms with Crippen molar-refractivity contribution in [3.8, 4) is 0 Å². The maximum atomic E-state index is 11.2. The summed E-state index contributed by atoms with van der Waals surface area (Å²) in [5.41, 5.74) is 2.57. The van der Waals surface area contributed by atoms with Crippen LogP contribution in [0.1, 0.15) is 54.6 Å². The second kappa shape index (κ2) is 4.44. The van der Waals surface area contributed by atoms with E-state index < -0.39 is 0 Å². The molecule has 1 fully saturated rings. The maximum absolute atomic E-state index is 11.2. The molecule has 0 amide bonds. The van der Waals surface area contributed by atoms with Gasteiger partial charge in [-0.3, -0.25) is 4.79 Å². The number of aldehydes is 1. The van der Waals surface area contributed by atoms with Gasteiger partial charge in [-0.25, -0.2) is 9.97 Å². The standard InChI is InChI=1S/C15H19N3O/c1-9(2)6-13-16-10(3)14-11(8-19)7-18(12-4-5-12)15(14)17-13/h7-9,12H,4-6H2,1-3H3. The third-order valence-corrected chi connectivity index (χ3v) is 3.59. The Morgan fingerprint density at radius 3 is 2.74 bits per heavy atom. The smallest absolute Gasteiger partial charge is 0.152 e. The molecular formula is C15H19N3O. The monoisotopic (exact) mass is 257 g/mol. The second-order valence-electron chi connectivity index (χ2n) is 5.86. The summed E-state index contributed by atoms with van der Waals surface area (Å²) in [7, 11) is 0. The first-order valence-electron chi connectivity index (χ1n) is 6.93. The lowest BCUT2D eigenvalue weighted by Gasteiger charge is -2.07. The molecule has 1 saturated carbocycles. The molecule has 3 rings (SSSR count). The zero-order valence-corrected chi connectivity index (χ0v) is 11.7. The van der Waals surface area contributed by atoms with Gasteiger partial charge in [0.2, 0.25) is 0 Å². The molecule has 2 aromatic heterocycles.